The third kappa shape index (κ3) is 4.43. The molecule has 1 rings (SSSR count). The van der Waals surface area contributed by atoms with Crippen LogP contribution in [0.3, 0.4) is 0 Å². The first-order valence-corrected chi connectivity index (χ1v) is 7.05. The van der Waals surface area contributed by atoms with Crippen molar-refractivity contribution in [1.82, 2.24) is 4.90 Å². The van der Waals surface area contributed by atoms with Crippen LogP contribution in [0, 0.1) is 5.92 Å². The van der Waals surface area contributed by atoms with Crippen molar-refractivity contribution in [2.24, 2.45) is 5.92 Å². The molecule has 1 N–H and O–H groups in total. The highest BCUT2D eigenvalue weighted by Crippen LogP contribution is 2.17. The Kier molecular flexibility index (Phi) is 6.10. The van der Waals surface area contributed by atoms with Crippen LogP contribution in [0.15, 0.2) is 0 Å². The molecule has 1 heterocycles. The first-order valence-electron chi connectivity index (χ1n) is 5.65. The van der Waals surface area contributed by atoms with Crippen LogP contribution in [0.5, 0.6) is 0 Å². The fraction of sp³-hybridized carbons (Fsp3) is 0.909. The lowest BCUT2D eigenvalue weighted by Crippen LogP contribution is -2.39. The molecule has 1 aliphatic heterocycles. The summed E-state index contributed by atoms with van der Waals surface area (Å²) in [6.07, 6.45) is 5.66. The predicted molar refractivity (Wildman–Crippen MR) is 64.0 cm³/mol. The van der Waals surface area contributed by atoms with E-state index in [1.54, 1.807) is 11.8 Å². The molecule has 0 aromatic heterocycles. The number of hydrogen-bond donors (Lipinski definition) is 1. The fourth-order valence-electron chi connectivity index (χ4n) is 1.89. The number of piperidine rings is 1. The summed E-state index contributed by atoms with van der Waals surface area (Å²) >= 11 is 1.79. The van der Waals surface area contributed by atoms with Gasteiger partial charge in [0.1, 0.15) is 0 Å². The van der Waals surface area contributed by atoms with Crippen LogP contribution in [-0.4, -0.2) is 47.6 Å². The summed E-state index contributed by atoms with van der Waals surface area (Å²) in [5.74, 6) is 1.78. The highest BCUT2D eigenvalue weighted by molar-refractivity contribution is 7.98. The SMILES string of the molecule is CSCCCC(=O)N1CCC(CO)CC1. The monoisotopic (exact) mass is 231 g/mol. The Morgan fingerprint density at radius 3 is 2.67 bits per heavy atom. The van der Waals surface area contributed by atoms with Gasteiger partial charge in [-0.3, -0.25) is 4.79 Å². The van der Waals surface area contributed by atoms with Crippen molar-refractivity contribution < 1.29 is 9.90 Å². The second-order valence-corrected chi connectivity index (χ2v) is 5.09. The molecule has 1 amide bonds. The van der Waals surface area contributed by atoms with Crippen LogP contribution >= 0.6 is 11.8 Å². The number of nitrogens with zero attached hydrogens (tertiary/aromatic N) is 1. The van der Waals surface area contributed by atoms with Gasteiger partial charge in [-0.05, 0) is 37.2 Å². The number of aliphatic hydroxyl groups excluding tert-OH is 1. The number of amides is 1. The highest BCUT2D eigenvalue weighted by atomic mass is 32.2. The van der Waals surface area contributed by atoms with Crippen molar-refractivity contribution in [3.63, 3.8) is 0 Å². The third-order valence-corrected chi connectivity index (χ3v) is 3.66. The van der Waals surface area contributed by atoms with Gasteiger partial charge in [0.25, 0.3) is 0 Å². The molecular formula is C11H21NO2S. The minimum absolute atomic E-state index is 0.272. The summed E-state index contributed by atoms with van der Waals surface area (Å²) in [5, 5.41) is 8.98. The Labute approximate surface area is 96.2 Å². The molecule has 0 radical (unpaired) electrons. The molecule has 15 heavy (non-hydrogen) atoms. The Morgan fingerprint density at radius 2 is 2.13 bits per heavy atom. The molecule has 0 bridgehead atoms. The molecule has 3 nitrogen and oxygen atoms in total. The van der Waals surface area contributed by atoms with E-state index in [1.165, 1.54) is 0 Å². The lowest BCUT2D eigenvalue weighted by molar-refractivity contribution is -0.132. The molecule has 88 valence electrons. The van der Waals surface area contributed by atoms with Gasteiger partial charge in [0.05, 0.1) is 0 Å². The molecule has 0 aromatic carbocycles. The van der Waals surface area contributed by atoms with Gasteiger partial charge >= 0.3 is 0 Å². The number of hydrogen-bond acceptors (Lipinski definition) is 3. The number of carbonyl (C=O) groups is 1. The van der Waals surface area contributed by atoms with Gasteiger partial charge in [0.15, 0.2) is 0 Å². The first-order chi connectivity index (χ1) is 7.27. The molecule has 4 heteroatoms. The zero-order valence-electron chi connectivity index (χ0n) is 9.45. The van der Waals surface area contributed by atoms with E-state index < -0.39 is 0 Å². The molecule has 0 spiro atoms. The number of thioether (sulfide) groups is 1. The van der Waals surface area contributed by atoms with Gasteiger partial charge in [-0.2, -0.15) is 11.8 Å². The van der Waals surface area contributed by atoms with Crippen LogP contribution in [0.2, 0.25) is 0 Å². The van der Waals surface area contributed by atoms with E-state index in [-0.39, 0.29) is 6.61 Å². The van der Waals surface area contributed by atoms with Crippen molar-refractivity contribution in [2.75, 3.05) is 31.7 Å². The zero-order valence-corrected chi connectivity index (χ0v) is 10.3. The zero-order chi connectivity index (χ0) is 11.1. The number of rotatable bonds is 5. The summed E-state index contributed by atoms with van der Waals surface area (Å²) in [6, 6.07) is 0. The third-order valence-electron chi connectivity index (χ3n) is 2.96. The Balaban J connectivity index is 2.18. The van der Waals surface area contributed by atoms with Crippen LogP contribution in [0.1, 0.15) is 25.7 Å². The summed E-state index contributed by atoms with van der Waals surface area (Å²) in [4.78, 5) is 13.7. The summed E-state index contributed by atoms with van der Waals surface area (Å²) in [6.45, 7) is 1.95. The molecule has 0 unspecified atom stereocenters. The minimum Gasteiger partial charge on any atom is -0.396 e. The van der Waals surface area contributed by atoms with Gasteiger partial charge in [0.2, 0.25) is 5.91 Å². The van der Waals surface area contributed by atoms with E-state index in [0.29, 0.717) is 18.2 Å². The average molecular weight is 231 g/mol. The van der Waals surface area contributed by atoms with E-state index in [1.807, 2.05) is 4.90 Å². The number of aliphatic hydroxyl groups is 1. The van der Waals surface area contributed by atoms with E-state index in [0.717, 1.165) is 38.1 Å². The maximum Gasteiger partial charge on any atom is 0.222 e. The summed E-state index contributed by atoms with van der Waals surface area (Å²) in [5.41, 5.74) is 0. The van der Waals surface area contributed by atoms with Crippen molar-refractivity contribution in [2.45, 2.75) is 25.7 Å². The van der Waals surface area contributed by atoms with E-state index >= 15 is 0 Å². The maximum absolute atomic E-state index is 11.7. The minimum atomic E-state index is 0.272. The van der Waals surface area contributed by atoms with Crippen molar-refractivity contribution in [3.8, 4) is 0 Å². The molecule has 1 fully saturated rings. The first kappa shape index (κ1) is 12.8. The van der Waals surface area contributed by atoms with Crippen molar-refractivity contribution >= 4 is 17.7 Å². The van der Waals surface area contributed by atoms with Gasteiger partial charge in [-0.25, -0.2) is 0 Å². The van der Waals surface area contributed by atoms with Crippen molar-refractivity contribution in [3.05, 3.63) is 0 Å². The Hall–Kier alpha value is -0.220. The number of carbonyl (C=O) groups excluding carboxylic acids is 1. The maximum atomic E-state index is 11.7. The second kappa shape index (κ2) is 7.12. The molecular weight excluding hydrogens is 210 g/mol. The van der Waals surface area contributed by atoms with Crippen LogP contribution in [-0.2, 0) is 4.79 Å². The molecule has 1 aliphatic rings. The topological polar surface area (TPSA) is 40.5 Å². The number of likely N-dealkylation sites (tertiary alicyclic amines) is 1. The van der Waals surface area contributed by atoms with Crippen LogP contribution in [0.25, 0.3) is 0 Å². The summed E-state index contributed by atoms with van der Waals surface area (Å²) < 4.78 is 0. The molecule has 0 aliphatic carbocycles. The quantitative estimate of drug-likeness (QED) is 0.726. The molecule has 1 saturated heterocycles. The van der Waals surface area contributed by atoms with Gasteiger partial charge in [0, 0.05) is 26.1 Å². The van der Waals surface area contributed by atoms with Gasteiger partial charge < -0.3 is 10.0 Å². The van der Waals surface area contributed by atoms with Crippen LogP contribution < -0.4 is 0 Å². The van der Waals surface area contributed by atoms with Gasteiger partial charge in [-0.1, -0.05) is 0 Å². The lowest BCUT2D eigenvalue weighted by atomic mass is 9.98. The second-order valence-electron chi connectivity index (χ2n) is 4.10. The van der Waals surface area contributed by atoms with Crippen LogP contribution in [0.4, 0.5) is 0 Å². The Morgan fingerprint density at radius 1 is 1.47 bits per heavy atom. The lowest BCUT2D eigenvalue weighted by Gasteiger charge is -2.31. The fourth-order valence-corrected chi connectivity index (χ4v) is 2.32. The molecule has 0 saturated carbocycles. The smallest absolute Gasteiger partial charge is 0.222 e. The van der Waals surface area contributed by atoms with E-state index in [9.17, 15) is 4.79 Å². The highest BCUT2D eigenvalue weighted by Gasteiger charge is 2.21. The standard InChI is InChI=1S/C11H21NO2S/c1-15-8-2-3-11(14)12-6-4-10(9-13)5-7-12/h10,13H,2-9H2,1H3. The summed E-state index contributed by atoms with van der Waals surface area (Å²) in [7, 11) is 0. The molecule has 0 atom stereocenters. The van der Waals surface area contributed by atoms with E-state index in [4.69, 9.17) is 5.11 Å². The average Bonchev–Trinajstić information content (AvgIpc) is 2.29. The largest absolute Gasteiger partial charge is 0.396 e. The van der Waals surface area contributed by atoms with Gasteiger partial charge in [-0.15, -0.1) is 0 Å². The predicted octanol–water partition coefficient (Wildman–Crippen LogP) is 1.36. The molecule has 0 aromatic rings. The normalized spacial score (nSPS) is 18.1. The van der Waals surface area contributed by atoms with Crippen molar-refractivity contribution in [1.29, 1.82) is 0 Å². The Bertz CT molecular complexity index is 191. The van der Waals surface area contributed by atoms with E-state index in [2.05, 4.69) is 6.26 Å².